The molecule has 88 valence electrons. The number of benzene rings is 1. The molecule has 0 aliphatic heterocycles. The van der Waals surface area contributed by atoms with E-state index in [1.54, 1.807) is 6.20 Å². The van der Waals surface area contributed by atoms with Crippen molar-refractivity contribution in [1.29, 1.82) is 0 Å². The van der Waals surface area contributed by atoms with Gasteiger partial charge in [-0.3, -0.25) is 4.98 Å². The number of rotatable bonds is 5. The van der Waals surface area contributed by atoms with E-state index in [4.69, 9.17) is 4.74 Å². The lowest BCUT2D eigenvalue weighted by Gasteiger charge is -2.05. The fraction of sp³-hybridized carbons (Fsp3) is 0.267. The highest BCUT2D eigenvalue weighted by atomic mass is 16.5. The molecular formula is C15H17NO. The van der Waals surface area contributed by atoms with E-state index in [0.717, 1.165) is 12.0 Å². The van der Waals surface area contributed by atoms with Gasteiger partial charge >= 0.3 is 0 Å². The smallest absolute Gasteiger partial charge is 0.0736 e. The molecule has 2 aromatic rings. The Hall–Kier alpha value is -1.67. The van der Waals surface area contributed by atoms with Crippen molar-refractivity contribution in [2.75, 3.05) is 0 Å². The SMILES string of the molecule is CCc1ccc(COCc2cccnc2)cc1. The Morgan fingerprint density at radius 1 is 0.941 bits per heavy atom. The van der Waals surface area contributed by atoms with E-state index in [1.165, 1.54) is 11.1 Å². The summed E-state index contributed by atoms with van der Waals surface area (Å²) in [4.78, 5) is 4.05. The summed E-state index contributed by atoms with van der Waals surface area (Å²) in [5.41, 5.74) is 3.68. The summed E-state index contributed by atoms with van der Waals surface area (Å²) in [5.74, 6) is 0. The monoisotopic (exact) mass is 227 g/mol. The number of aryl methyl sites for hydroxylation is 1. The van der Waals surface area contributed by atoms with Crippen LogP contribution in [-0.2, 0) is 24.4 Å². The zero-order chi connectivity index (χ0) is 11.9. The Kier molecular flexibility index (Phi) is 4.28. The van der Waals surface area contributed by atoms with Crippen molar-refractivity contribution in [1.82, 2.24) is 4.98 Å². The molecule has 17 heavy (non-hydrogen) atoms. The van der Waals surface area contributed by atoms with Gasteiger partial charge in [0.1, 0.15) is 0 Å². The van der Waals surface area contributed by atoms with Gasteiger partial charge in [-0.05, 0) is 29.2 Å². The van der Waals surface area contributed by atoms with Crippen molar-refractivity contribution >= 4 is 0 Å². The van der Waals surface area contributed by atoms with Crippen molar-refractivity contribution in [2.45, 2.75) is 26.6 Å². The normalized spacial score (nSPS) is 10.4. The van der Waals surface area contributed by atoms with E-state index in [0.29, 0.717) is 13.2 Å². The van der Waals surface area contributed by atoms with E-state index < -0.39 is 0 Å². The van der Waals surface area contributed by atoms with Crippen LogP contribution in [-0.4, -0.2) is 4.98 Å². The van der Waals surface area contributed by atoms with Gasteiger partial charge in [-0.2, -0.15) is 0 Å². The largest absolute Gasteiger partial charge is 0.372 e. The summed E-state index contributed by atoms with van der Waals surface area (Å²) >= 11 is 0. The predicted molar refractivity (Wildman–Crippen MR) is 68.6 cm³/mol. The molecule has 0 radical (unpaired) electrons. The van der Waals surface area contributed by atoms with Crippen LogP contribution in [0.25, 0.3) is 0 Å². The lowest BCUT2D eigenvalue weighted by atomic mass is 10.1. The number of ether oxygens (including phenoxy) is 1. The van der Waals surface area contributed by atoms with Crippen LogP contribution in [0.15, 0.2) is 48.8 Å². The van der Waals surface area contributed by atoms with E-state index >= 15 is 0 Å². The molecule has 0 fully saturated rings. The number of hydrogen-bond acceptors (Lipinski definition) is 2. The first-order chi connectivity index (χ1) is 8.38. The number of nitrogens with zero attached hydrogens (tertiary/aromatic N) is 1. The van der Waals surface area contributed by atoms with Crippen LogP contribution in [0.1, 0.15) is 23.6 Å². The molecule has 1 heterocycles. The molecule has 0 aliphatic carbocycles. The molecule has 0 N–H and O–H groups in total. The Bertz CT molecular complexity index is 436. The Morgan fingerprint density at radius 3 is 2.29 bits per heavy atom. The molecule has 2 rings (SSSR count). The highest BCUT2D eigenvalue weighted by Gasteiger charge is 1.95. The fourth-order valence-electron chi connectivity index (χ4n) is 1.64. The maximum absolute atomic E-state index is 5.64. The second-order valence-corrected chi connectivity index (χ2v) is 4.02. The van der Waals surface area contributed by atoms with Crippen molar-refractivity contribution in [2.24, 2.45) is 0 Å². The molecular weight excluding hydrogens is 210 g/mol. The van der Waals surface area contributed by atoms with Gasteiger partial charge in [0.05, 0.1) is 13.2 Å². The highest BCUT2D eigenvalue weighted by molar-refractivity contribution is 5.21. The van der Waals surface area contributed by atoms with Gasteiger partial charge in [-0.15, -0.1) is 0 Å². The second kappa shape index (κ2) is 6.16. The molecule has 2 nitrogen and oxygen atoms in total. The summed E-state index contributed by atoms with van der Waals surface area (Å²) in [7, 11) is 0. The summed E-state index contributed by atoms with van der Waals surface area (Å²) in [5, 5.41) is 0. The standard InChI is InChI=1S/C15H17NO/c1-2-13-5-7-14(8-6-13)11-17-12-15-4-3-9-16-10-15/h3-10H,2,11-12H2,1H3. The quantitative estimate of drug-likeness (QED) is 0.781. The zero-order valence-electron chi connectivity index (χ0n) is 10.1. The molecule has 0 saturated carbocycles. The van der Waals surface area contributed by atoms with Crippen LogP contribution in [0.2, 0.25) is 0 Å². The zero-order valence-corrected chi connectivity index (χ0v) is 10.1. The molecule has 0 aliphatic rings. The molecule has 0 unspecified atom stereocenters. The molecule has 2 heteroatoms. The van der Waals surface area contributed by atoms with Crippen molar-refractivity contribution in [3.05, 3.63) is 65.5 Å². The predicted octanol–water partition coefficient (Wildman–Crippen LogP) is 3.36. The van der Waals surface area contributed by atoms with Gasteiger partial charge < -0.3 is 4.74 Å². The molecule has 1 aromatic carbocycles. The van der Waals surface area contributed by atoms with Crippen LogP contribution in [0.5, 0.6) is 0 Å². The third-order valence-corrected chi connectivity index (χ3v) is 2.69. The first-order valence-electron chi connectivity index (χ1n) is 5.93. The van der Waals surface area contributed by atoms with Gasteiger partial charge in [0.15, 0.2) is 0 Å². The summed E-state index contributed by atoms with van der Waals surface area (Å²) in [6.07, 6.45) is 4.68. The van der Waals surface area contributed by atoms with E-state index in [-0.39, 0.29) is 0 Å². The van der Waals surface area contributed by atoms with Crippen LogP contribution in [0.3, 0.4) is 0 Å². The second-order valence-electron chi connectivity index (χ2n) is 4.02. The molecule has 0 amide bonds. The van der Waals surface area contributed by atoms with Crippen molar-refractivity contribution in [3.8, 4) is 0 Å². The van der Waals surface area contributed by atoms with Crippen LogP contribution in [0.4, 0.5) is 0 Å². The summed E-state index contributed by atoms with van der Waals surface area (Å²) < 4.78 is 5.64. The van der Waals surface area contributed by atoms with Gasteiger partial charge in [-0.25, -0.2) is 0 Å². The lowest BCUT2D eigenvalue weighted by Crippen LogP contribution is -1.94. The minimum atomic E-state index is 0.614. The Morgan fingerprint density at radius 2 is 1.65 bits per heavy atom. The minimum Gasteiger partial charge on any atom is -0.372 e. The maximum Gasteiger partial charge on any atom is 0.0736 e. The van der Waals surface area contributed by atoms with Crippen molar-refractivity contribution in [3.63, 3.8) is 0 Å². The lowest BCUT2D eigenvalue weighted by molar-refractivity contribution is 0.107. The fourth-order valence-corrected chi connectivity index (χ4v) is 1.64. The molecule has 0 saturated heterocycles. The topological polar surface area (TPSA) is 22.1 Å². The number of aromatic nitrogens is 1. The molecule has 1 aromatic heterocycles. The maximum atomic E-state index is 5.64. The third-order valence-electron chi connectivity index (χ3n) is 2.69. The van der Waals surface area contributed by atoms with E-state index in [2.05, 4.69) is 36.2 Å². The number of pyridine rings is 1. The van der Waals surface area contributed by atoms with Gasteiger partial charge in [0.2, 0.25) is 0 Å². The van der Waals surface area contributed by atoms with Crippen LogP contribution >= 0.6 is 0 Å². The Labute approximate surface area is 102 Å². The van der Waals surface area contributed by atoms with Gasteiger partial charge in [0.25, 0.3) is 0 Å². The van der Waals surface area contributed by atoms with Crippen LogP contribution < -0.4 is 0 Å². The summed E-state index contributed by atoms with van der Waals surface area (Å²) in [6.45, 7) is 3.43. The molecule has 0 spiro atoms. The molecule has 0 atom stereocenters. The third kappa shape index (κ3) is 3.68. The average molecular weight is 227 g/mol. The average Bonchev–Trinajstić information content (AvgIpc) is 2.41. The minimum absolute atomic E-state index is 0.614. The van der Waals surface area contributed by atoms with Crippen LogP contribution in [0, 0.1) is 0 Å². The first kappa shape index (κ1) is 11.8. The van der Waals surface area contributed by atoms with Crippen molar-refractivity contribution < 1.29 is 4.74 Å². The number of hydrogen-bond donors (Lipinski definition) is 0. The van der Waals surface area contributed by atoms with Gasteiger partial charge in [0, 0.05) is 12.4 Å². The van der Waals surface area contributed by atoms with E-state index in [9.17, 15) is 0 Å². The first-order valence-corrected chi connectivity index (χ1v) is 5.93. The van der Waals surface area contributed by atoms with E-state index in [1.807, 2.05) is 18.3 Å². The highest BCUT2D eigenvalue weighted by Crippen LogP contribution is 2.07. The Balaban J connectivity index is 1.82. The van der Waals surface area contributed by atoms with Gasteiger partial charge in [-0.1, -0.05) is 37.3 Å². The molecule has 0 bridgehead atoms. The summed E-state index contributed by atoms with van der Waals surface area (Å²) in [6, 6.07) is 12.5.